The maximum atomic E-state index is 5.27. The van der Waals surface area contributed by atoms with Crippen LogP contribution in [0.25, 0.3) is 83.9 Å². The zero-order valence-electron chi connectivity index (χ0n) is 33.7. The molecule has 0 spiro atoms. The van der Waals surface area contributed by atoms with Crippen LogP contribution in [0.5, 0.6) is 0 Å². The molecule has 0 saturated heterocycles. The summed E-state index contributed by atoms with van der Waals surface area (Å²) in [5.41, 5.74) is 15.5. The fourth-order valence-corrected chi connectivity index (χ4v) is 9.84. The summed E-state index contributed by atoms with van der Waals surface area (Å²) in [5, 5.41) is 2.28. The molecular formula is C58H38N4. The molecule has 0 unspecified atom stereocenters. The van der Waals surface area contributed by atoms with Gasteiger partial charge in [-0.15, -0.1) is 0 Å². The molecule has 0 amide bonds. The van der Waals surface area contributed by atoms with E-state index in [1.165, 1.54) is 33.4 Å². The molecule has 0 bridgehead atoms. The molecule has 1 aliphatic carbocycles. The van der Waals surface area contributed by atoms with Crippen LogP contribution in [0.1, 0.15) is 22.3 Å². The molecule has 62 heavy (non-hydrogen) atoms. The van der Waals surface area contributed by atoms with Crippen LogP contribution in [0.4, 0.5) is 0 Å². The standard InChI is InChI=1S/C58H38N4/c1-6-20-39(21-7-1)49-36-43(42-34-35-47-46-30-16-18-32-50(46)58(51(47)37-42,44-26-12-4-13-27-44)45-28-14-5-15-29-45)38-53-54(49)48-31-17-19-33-52(48)62(53)57-60-55(40-22-8-2-9-23-40)59-56(61-57)41-24-10-3-11-25-41/h1-38H. The van der Waals surface area contributed by atoms with E-state index in [9.17, 15) is 0 Å². The lowest BCUT2D eigenvalue weighted by molar-refractivity contribution is 0.769. The Morgan fingerprint density at radius 1 is 0.323 bits per heavy atom. The maximum absolute atomic E-state index is 5.27. The van der Waals surface area contributed by atoms with Crippen molar-refractivity contribution < 1.29 is 0 Å². The van der Waals surface area contributed by atoms with E-state index in [1.807, 2.05) is 36.4 Å². The number of nitrogens with zero attached hydrogens (tertiary/aromatic N) is 4. The van der Waals surface area contributed by atoms with E-state index in [0.717, 1.165) is 55.2 Å². The van der Waals surface area contributed by atoms with Crippen molar-refractivity contribution in [2.75, 3.05) is 0 Å². The molecule has 0 atom stereocenters. The maximum Gasteiger partial charge on any atom is 0.238 e. The van der Waals surface area contributed by atoms with Crippen molar-refractivity contribution in [1.29, 1.82) is 0 Å². The molecule has 0 saturated carbocycles. The van der Waals surface area contributed by atoms with Crippen molar-refractivity contribution in [1.82, 2.24) is 19.5 Å². The van der Waals surface area contributed by atoms with Crippen LogP contribution in [0.15, 0.2) is 231 Å². The molecule has 4 nitrogen and oxygen atoms in total. The number of fused-ring (bicyclic) bond motifs is 6. The Bertz CT molecular complexity index is 3340. The molecule has 2 heterocycles. The number of aromatic nitrogens is 4. The highest BCUT2D eigenvalue weighted by Gasteiger charge is 2.46. The fraction of sp³-hybridized carbons (Fsp3) is 0.0172. The first-order chi connectivity index (χ1) is 30.8. The Kier molecular flexibility index (Phi) is 8.36. The van der Waals surface area contributed by atoms with Gasteiger partial charge in [0.25, 0.3) is 0 Å². The topological polar surface area (TPSA) is 43.6 Å². The SMILES string of the molecule is c1ccc(-c2nc(-c3ccccc3)nc(-n3c4ccccc4c4c(-c5ccccc5)cc(-c5ccc6c(c5)C(c5ccccc5)(c5ccccc5)c5ccccc5-6)cc43)n2)cc1. The zero-order valence-corrected chi connectivity index (χ0v) is 33.7. The highest BCUT2D eigenvalue weighted by atomic mass is 15.2. The predicted molar refractivity (Wildman–Crippen MR) is 253 cm³/mol. The number of para-hydroxylation sites is 1. The molecule has 0 fully saturated rings. The van der Waals surface area contributed by atoms with Gasteiger partial charge in [0.2, 0.25) is 5.95 Å². The third-order valence-corrected chi connectivity index (χ3v) is 12.5. The Hall–Kier alpha value is -8.21. The molecule has 1 aliphatic rings. The van der Waals surface area contributed by atoms with Crippen LogP contribution in [-0.2, 0) is 5.41 Å². The molecule has 0 N–H and O–H groups in total. The van der Waals surface area contributed by atoms with Gasteiger partial charge in [0.1, 0.15) is 0 Å². The molecule has 0 aliphatic heterocycles. The van der Waals surface area contributed by atoms with Crippen molar-refractivity contribution in [2.45, 2.75) is 5.41 Å². The third kappa shape index (κ3) is 5.58. The van der Waals surface area contributed by atoms with Gasteiger partial charge in [0, 0.05) is 21.9 Å². The normalized spacial score (nSPS) is 12.6. The fourth-order valence-electron chi connectivity index (χ4n) is 9.84. The van der Waals surface area contributed by atoms with Crippen LogP contribution >= 0.6 is 0 Å². The third-order valence-electron chi connectivity index (χ3n) is 12.5. The first kappa shape index (κ1) is 35.7. The minimum atomic E-state index is -0.516. The molecule has 4 heteroatoms. The average Bonchev–Trinajstić information content (AvgIpc) is 3.85. The predicted octanol–water partition coefficient (Wildman–Crippen LogP) is 14.0. The minimum absolute atomic E-state index is 0.516. The number of hydrogen-bond acceptors (Lipinski definition) is 3. The zero-order chi connectivity index (χ0) is 41.0. The Labute approximate surface area is 360 Å². The van der Waals surface area contributed by atoms with Gasteiger partial charge in [0.05, 0.1) is 16.4 Å². The Morgan fingerprint density at radius 3 is 1.47 bits per heavy atom. The van der Waals surface area contributed by atoms with Gasteiger partial charge in [-0.1, -0.05) is 206 Å². The van der Waals surface area contributed by atoms with E-state index in [0.29, 0.717) is 17.6 Å². The second-order valence-corrected chi connectivity index (χ2v) is 15.9. The van der Waals surface area contributed by atoms with Gasteiger partial charge in [-0.25, -0.2) is 4.98 Å². The summed E-state index contributed by atoms with van der Waals surface area (Å²) >= 11 is 0. The van der Waals surface area contributed by atoms with Crippen molar-refractivity contribution in [3.8, 4) is 62.1 Å². The summed E-state index contributed by atoms with van der Waals surface area (Å²) in [6, 6.07) is 82.5. The Morgan fingerprint density at radius 2 is 0.839 bits per heavy atom. The van der Waals surface area contributed by atoms with Gasteiger partial charge in [-0.3, -0.25) is 4.57 Å². The van der Waals surface area contributed by atoms with Gasteiger partial charge < -0.3 is 0 Å². The van der Waals surface area contributed by atoms with Gasteiger partial charge in [0.15, 0.2) is 11.6 Å². The summed E-state index contributed by atoms with van der Waals surface area (Å²) in [6.45, 7) is 0. The lowest BCUT2D eigenvalue weighted by Gasteiger charge is -2.34. The second kappa shape index (κ2) is 14.5. The smallest absolute Gasteiger partial charge is 0.238 e. The number of benzene rings is 9. The van der Waals surface area contributed by atoms with E-state index in [2.05, 4.69) is 199 Å². The summed E-state index contributed by atoms with van der Waals surface area (Å²) in [6.07, 6.45) is 0. The lowest BCUT2D eigenvalue weighted by atomic mass is 9.67. The van der Waals surface area contributed by atoms with Gasteiger partial charge >= 0.3 is 0 Å². The summed E-state index contributed by atoms with van der Waals surface area (Å²) in [7, 11) is 0. The van der Waals surface area contributed by atoms with E-state index in [-0.39, 0.29) is 0 Å². The van der Waals surface area contributed by atoms with E-state index in [4.69, 9.17) is 15.0 Å². The molecule has 12 rings (SSSR count). The number of rotatable bonds is 7. The van der Waals surface area contributed by atoms with Crippen LogP contribution in [-0.4, -0.2) is 19.5 Å². The van der Waals surface area contributed by atoms with Crippen molar-refractivity contribution >= 4 is 21.8 Å². The van der Waals surface area contributed by atoms with Crippen molar-refractivity contribution in [3.63, 3.8) is 0 Å². The molecule has 2 aromatic heterocycles. The molecule has 11 aromatic rings. The van der Waals surface area contributed by atoms with E-state index >= 15 is 0 Å². The van der Waals surface area contributed by atoms with Crippen LogP contribution < -0.4 is 0 Å². The minimum Gasteiger partial charge on any atom is -0.278 e. The van der Waals surface area contributed by atoms with E-state index < -0.39 is 5.41 Å². The summed E-state index contributed by atoms with van der Waals surface area (Å²) in [4.78, 5) is 15.6. The molecule has 0 radical (unpaired) electrons. The molecule has 9 aromatic carbocycles. The highest BCUT2D eigenvalue weighted by molar-refractivity contribution is 6.17. The first-order valence-electron chi connectivity index (χ1n) is 21.1. The monoisotopic (exact) mass is 790 g/mol. The largest absolute Gasteiger partial charge is 0.278 e. The average molecular weight is 791 g/mol. The van der Waals surface area contributed by atoms with E-state index in [1.54, 1.807) is 0 Å². The van der Waals surface area contributed by atoms with Crippen LogP contribution in [0, 0.1) is 0 Å². The van der Waals surface area contributed by atoms with Gasteiger partial charge in [-0.05, 0) is 79.9 Å². The Balaban J connectivity index is 1.16. The lowest BCUT2D eigenvalue weighted by Crippen LogP contribution is -2.28. The second-order valence-electron chi connectivity index (χ2n) is 15.9. The van der Waals surface area contributed by atoms with Crippen molar-refractivity contribution in [3.05, 3.63) is 253 Å². The first-order valence-corrected chi connectivity index (χ1v) is 21.1. The van der Waals surface area contributed by atoms with Crippen LogP contribution in [0.2, 0.25) is 0 Å². The summed E-state index contributed by atoms with van der Waals surface area (Å²) < 4.78 is 2.24. The van der Waals surface area contributed by atoms with Gasteiger partial charge in [-0.2, -0.15) is 9.97 Å². The molecule has 290 valence electrons. The quantitative estimate of drug-likeness (QED) is 0.161. The van der Waals surface area contributed by atoms with Crippen molar-refractivity contribution in [2.24, 2.45) is 0 Å². The highest BCUT2D eigenvalue weighted by Crippen LogP contribution is 2.57. The molecular weight excluding hydrogens is 753 g/mol. The summed E-state index contributed by atoms with van der Waals surface area (Å²) in [5.74, 6) is 1.81. The number of hydrogen-bond donors (Lipinski definition) is 0. The van der Waals surface area contributed by atoms with Crippen LogP contribution in [0.3, 0.4) is 0 Å².